The van der Waals surface area contributed by atoms with Gasteiger partial charge in [-0.2, -0.15) is 5.26 Å². The van der Waals surface area contributed by atoms with E-state index in [2.05, 4.69) is 30.4 Å². The van der Waals surface area contributed by atoms with Crippen LogP contribution in [-0.2, 0) is 6.42 Å². The van der Waals surface area contributed by atoms with Gasteiger partial charge in [0, 0.05) is 6.54 Å². The van der Waals surface area contributed by atoms with Crippen molar-refractivity contribution in [3.8, 4) is 11.8 Å². The quantitative estimate of drug-likeness (QED) is 0.863. The van der Waals surface area contributed by atoms with E-state index in [1.807, 2.05) is 6.07 Å². The van der Waals surface area contributed by atoms with Gasteiger partial charge in [0.05, 0.1) is 24.3 Å². The first kappa shape index (κ1) is 12.8. The number of hydrogen-bond acceptors (Lipinski definition) is 3. The van der Waals surface area contributed by atoms with Crippen LogP contribution in [0.2, 0.25) is 0 Å². The number of hydrogen-bond donors (Lipinski definition) is 1. The predicted molar refractivity (Wildman–Crippen MR) is 72.8 cm³/mol. The molecule has 18 heavy (non-hydrogen) atoms. The SMILES string of the molecule is CCc1ccc(OC)c(NCC2(C#N)CCC2)c1. The molecule has 0 saturated heterocycles. The van der Waals surface area contributed by atoms with Crippen molar-refractivity contribution < 1.29 is 4.74 Å². The molecule has 96 valence electrons. The third-order valence-electron chi connectivity index (χ3n) is 3.84. The average Bonchev–Trinajstić information content (AvgIpc) is 2.37. The molecule has 3 heteroatoms. The summed E-state index contributed by atoms with van der Waals surface area (Å²) >= 11 is 0. The zero-order valence-corrected chi connectivity index (χ0v) is 11.1. The van der Waals surface area contributed by atoms with E-state index in [0.29, 0.717) is 6.54 Å². The molecular weight excluding hydrogens is 224 g/mol. The van der Waals surface area contributed by atoms with Crippen LogP contribution < -0.4 is 10.1 Å². The fraction of sp³-hybridized carbons (Fsp3) is 0.533. The standard InChI is InChI=1S/C15H20N2O/c1-3-12-5-6-14(18-2)13(9-12)17-11-15(10-16)7-4-8-15/h5-6,9,17H,3-4,7-8,11H2,1-2H3. The Labute approximate surface area is 109 Å². The molecule has 2 rings (SSSR count). The Balaban J connectivity index is 2.10. The van der Waals surface area contributed by atoms with Crippen molar-refractivity contribution in [1.29, 1.82) is 5.26 Å². The maximum absolute atomic E-state index is 9.22. The number of rotatable bonds is 5. The summed E-state index contributed by atoms with van der Waals surface area (Å²) in [5.41, 5.74) is 2.11. The Morgan fingerprint density at radius 3 is 2.72 bits per heavy atom. The predicted octanol–water partition coefficient (Wildman–Crippen LogP) is 3.36. The molecule has 1 aliphatic carbocycles. The molecule has 0 atom stereocenters. The maximum Gasteiger partial charge on any atom is 0.141 e. The molecule has 1 aliphatic rings. The molecule has 1 saturated carbocycles. The second kappa shape index (κ2) is 5.30. The number of nitrogens with one attached hydrogen (secondary N) is 1. The van der Waals surface area contributed by atoms with E-state index in [1.165, 1.54) is 12.0 Å². The number of ether oxygens (including phenoxy) is 1. The highest BCUT2D eigenvalue weighted by Gasteiger charge is 2.37. The summed E-state index contributed by atoms with van der Waals surface area (Å²) < 4.78 is 5.35. The van der Waals surface area contributed by atoms with Gasteiger partial charge in [-0.25, -0.2) is 0 Å². The molecule has 0 heterocycles. The van der Waals surface area contributed by atoms with E-state index in [0.717, 1.165) is 30.7 Å². The third kappa shape index (κ3) is 2.43. The van der Waals surface area contributed by atoms with Crippen LogP contribution in [0.5, 0.6) is 5.75 Å². The van der Waals surface area contributed by atoms with Crippen molar-refractivity contribution >= 4 is 5.69 Å². The molecule has 0 unspecified atom stereocenters. The van der Waals surface area contributed by atoms with Gasteiger partial charge in [-0.05, 0) is 37.0 Å². The first-order chi connectivity index (χ1) is 8.73. The van der Waals surface area contributed by atoms with E-state index in [9.17, 15) is 5.26 Å². The van der Waals surface area contributed by atoms with Crippen molar-refractivity contribution in [2.75, 3.05) is 19.0 Å². The summed E-state index contributed by atoms with van der Waals surface area (Å²) in [6.45, 7) is 2.85. The van der Waals surface area contributed by atoms with Crippen molar-refractivity contribution in [3.63, 3.8) is 0 Å². The Bertz CT molecular complexity index is 458. The van der Waals surface area contributed by atoms with Gasteiger partial charge in [0.25, 0.3) is 0 Å². The Kier molecular flexibility index (Phi) is 3.76. The molecule has 0 spiro atoms. The number of nitriles is 1. The number of anilines is 1. The monoisotopic (exact) mass is 244 g/mol. The highest BCUT2D eigenvalue weighted by Crippen LogP contribution is 2.40. The van der Waals surface area contributed by atoms with Crippen LogP contribution in [0.25, 0.3) is 0 Å². The largest absolute Gasteiger partial charge is 0.495 e. The smallest absolute Gasteiger partial charge is 0.141 e. The summed E-state index contributed by atoms with van der Waals surface area (Å²) in [7, 11) is 1.68. The van der Waals surface area contributed by atoms with E-state index in [4.69, 9.17) is 4.74 Å². The lowest BCUT2D eigenvalue weighted by Gasteiger charge is -2.35. The van der Waals surface area contributed by atoms with Gasteiger partial charge in [0.2, 0.25) is 0 Å². The summed E-state index contributed by atoms with van der Waals surface area (Å²) in [6.07, 6.45) is 4.18. The molecule has 0 amide bonds. The minimum Gasteiger partial charge on any atom is -0.495 e. The number of nitrogens with zero attached hydrogens (tertiary/aromatic N) is 1. The van der Waals surface area contributed by atoms with Crippen LogP contribution in [-0.4, -0.2) is 13.7 Å². The highest BCUT2D eigenvalue weighted by atomic mass is 16.5. The lowest BCUT2D eigenvalue weighted by atomic mass is 9.70. The fourth-order valence-corrected chi connectivity index (χ4v) is 2.31. The minimum absolute atomic E-state index is 0.159. The topological polar surface area (TPSA) is 45.0 Å². The molecule has 1 aromatic carbocycles. The van der Waals surface area contributed by atoms with Gasteiger partial charge in [-0.1, -0.05) is 19.4 Å². The van der Waals surface area contributed by atoms with Crippen molar-refractivity contribution in [2.45, 2.75) is 32.6 Å². The molecular formula is C15H20N2O. The lowest BCUT2D eigenvalue weighted by Crippen LogP contribution is -2.35. The molecule has 0 radical (unpaired) electrons. The molecule has 3 nitrogen and oxygen atoms in total. The van der Waals surface area contributed by atoms with Gasteiger partial charge < -0.3 is 10.1 Å². The zero-order valence-electron chi connectivity index (χ0n) is 11.1. The van der Waals surface area contributed by atoms with Crippen LogP contribution in [0.15, 0.2) is 18.2 Å². The van der Waals surface area contributed by atoms with Gasteiger partial charge in [0.1, 0.15) is 5.75 Å². The Hall–Kier alpha value is -1.69. The minimum atomic E-state index is -0.159. The second-order valence-electron chi connectivity index (χ2n) is 4.99. The van der Waals surface area contributed by atoms with Crippen molar-refractivity contribution in [2.24, 2.45) is 5.41 Å². The van der Waals surface area contributed by atoms with Gasteiger partial charge in [0.15, 0.2) is 0 Å². The molecule has 1 fully saturated rings. The summed E-state index contributed by atoms with van der Waals surface area (Å²) in [5.74, 6) is 0.847. The molecule has 0 bridgehead atoms. The van der Waals surface area contributed by atoms with E-state index >= 15 is 0 Å². The molecule has 1 N–H and O–H groups in total. The number of aryl methyl sites for hydroxylation is 1. The van der Waals surface area contributed by atoms with E-state index in [1.54, 1.807) is 7.11 Å². The second-order valence-corrected chi connectivity index (χ2v) is 4.99. The van der Waals surface area contributed by atoms with E-state index in [-0.39, 0.29) is 5.41 Å². The Morgan fingerprint density at radius 1 is 1.44 bits per heavy atom. The summed E-state index contributed by atoms with van der Waals surface area (Å²) in [5, 5.41) is 12.6. The summed E-state index contributed by atoms with van der Waals surface area (Å²) in [6, 6.07) is 8.63. The fourth-order valence-electron chi connectivity index (χ4n) is 2.31. The number of methoxy groups -OCH3 is 1. The van der Waals surface area contributed by atoms with Crippen molar-refractivity contribution in [3.05, 3.63) is 23.8 Å². The van der Waals surface area contributed by atoms with Crippen LogP contribution in [0, 0.1) is 16.7 Å². The van der Waals surface area contributed by atoms with E-state index < -0.39 is 0 Å². The number of benzene rings is 1. The maximum atomic E-state index is 9.22. The van der Waals surface area contributed by atoms with Crippen molar-refractivity contribution in [1.82, 2.24) is 0 Å². The lowest BCUT2D eigenvalue weighted by molar-refractivity contribution is 0.233. The van der Waals surface area contributed by atoms with Crippen LogP contribution in [0.3, 0.4) is 0 Å². The van der Waals surface area contributed by atoms with Gasteiger partial charge >= 0.3 is 0 Å². The Morgan fingerprint density at radius 2 is 2.22 bits per heavy atom. The van der Waals surface area contributed by atoms with Gasteiger partial charge in [-0.3, -0.25) is 0 Å². The average molecular weight is 244 g/mol. The zero-order chi connectivity index (χ0) is 13.0. The molecule has 1 aromatic rings. The van der Waals surface area contributed by atoms with Gasteiger partial charge in [-0.15, -0.1) is 0 Å². The normalized spacial score (nSPS) is 16.5. The molecule has 0 aromatic heterocycles. The third-order valence-corrected chi connectivity index (χ3v) is 3.84. The first-order valence-electron chi connectivity index (χ1n) is 6.55. The van der Waals surface area contributed by atoms with Crippen LogP contribution in [0.4, 0.5) is 5.69 Å². The summed E-state index contributed by atoms with van der Waals surface area (Å²) in [4.78, 5) is 0. The highest BCUT2D eigenvalue weighted by molar-refractivity contribution is 5.58. The van der Waals surface area contributed by atoms with Crippen LogP contribution >= 0.6 is 0 Å². The molecule has 0 aliphatic heterocycles. The first-order valence-corrected chi connectivity index (χ1v) is 6.55. The van der Waals surface area contributed by atoms with Crippen LogP contribution in [0.1, 0.15) is 31.7 Å².